The van der Waals surface area contributed by atoms with Crippen molar-refractivity contribution in [2.24, 2.45) is 0 Å². The van der Waals surface area contributed by atoms with Crippen molar-refractivity contribution in [3.8, 4) is 0 Å². The second kappa shape index (κ2) is 5.52. The summed E-state index contributed by atoms with van der Waals surface area (Å²) in [6.45, 7) is 0. The molecule has 0 saturated carbocycles. The number of amides is 1. The standard InChI is InChI=1S/C12H7F3N2O3S/c13-9-4-7(5-10(14)11(9)15)12(18)17-21(19,20)8-2-1-3-16-6-8/h1-6H,(H,17,18). The van der Waals surface area contributed by atoms with Crippen LogP contribution in [-0.4, -0.2) is 19.3 Å². The number of nitrogens with one attached hydrogen (secondary N) is 1. The van der Waals surface area contributed by atoms with Crippen molar-refractivity contribution in [1.82, 2.24) is 9.71 Å². The van der Waals surface area contributed by atoms with Gasteiger partial charge in [-0.25, -0.2) is 26.3 Å². The van der Waals surface area contributed by atoms with E-state index in [0.29, 0.717) is 12.1 Å². The molecule has 0 aliphatic heterocycles. The van der Waals surface area contributed by atoms with E-state index in [1.54, 1.807) is 4.72 Å². The molecule has 0 saturated heterocycles. The molecule has 0 radical (unpaired) electrons. The zero-order valence-corrected chi connectivity index (χ0v) is 11.0. The number of carbonyl (C=O) groups is 1. The maximum atomic E-state index is 13.0. The lowest BCUT2D eigenvalue weighted by molar-refractivity contribution is 0.0980. The lowest BCUT2D eigenvalue weighted by Gasteiger charge is -2.07. The van der Waals surface area contributed by atoms with Gasteiger partial charge in [-0.15, -0.1) is 0 Å². The van der Waals surface area contributed by atoms with Gasteiger partial charge in [-0.2, -0.15) is 0 Å². The summed E-state index contributed by atoms with van der Waals surface area (Å²) in [6.07, 6.45) is 2.31. The molecule has 1 heterocycles. The Bertz CT molecular complexity index is 772. The molecule has 1 N–H and O–H groups in total. The number of rotatable bonds is 3. The molecular weight excluding hydrogens is 309 g/mol. The summed E-state index contributed by atoms with van der Waals surface area (Å²) in [7, 11) is -4.24. The van der Waals surface area contributed by atoms with E-state index in [9.17, 15) is 26.4 Å². The molecule has 0 bridgehead atoms. The van der Waals surface area contributed by atoms with Crippen LogP contribution in [0.25, 0.3) is 0 Å². The molecule has 1 aromatic heterocycles. The van der Waals surface area contributed by atoms with Crippen molar-refractivity contribution in [3.05, 3.63) is 59.7 Å². The molecule has 2 rings (SSSR count). The van der Waals surface area contributed by atoms with E-state index < -0.39 is 38.9 Å². The normalized spacial score (nSPS) is 11.2. The minimum absolute atomic E-state index is 0.304. The third-order valence-electron chi connectivity index (χ3n) is 2.42. The quantitative estimate of drug-likeness (QED) is 0.873. The van der Waals surface area contributed by atoms with Crippen molar-refractivity contribution in [2.75, 3.05) is 0 Å². The average molecular weight is 316 g/mol. The Hall–Kier alpha value is -2.42. The van der Waals surface area contributed by atoms with E-state index in [2.05, 4.69) is 4.98 Å². The fourth-order valence-corrected chi connectivity index (χ4v) is 2.37. The highest BCUT2D eigenvalue weighted by Gasteiger charge is 2.21. The Morgan fingerprint density at radius 3 is 2.29 bits per heavy atom. The minimum Gasteiger partial charge on any atom is -0.268 e. The fourth-order valence-electron chi connectivity index (χ4n) is 1.43. The molecule has 0 aliphatic rings. The predicted octanol–water partition coefficient (Wildman–Crippen LogP) is 1.62. The van der Waals surface area contributed by atoms with E-state index in [-0.39, 0.29) is 4.90 Å². The van der Waals surface area contributed by atoms with Crippen LogP contribution in [0.2, 0.25) is 0 Å². The highest BCUT2D eigenvalue weighted by molar-refractivity contribution is 7.90. The van der Waals surface area contributed by atoms with E-state index >= 15 is 0 Å². The monoisotopic (exact) mass is 316 g/mol. The molecule has 9 heteroatoms. The van der Waals surface area contributed by atoms with Gasteiger partial charge in [0.25, 0.3) is 15.9 Å². The van der Waals surface area contributed by atoms with Crippen molar-refractivity contribution in [3.63, 3.8) is 0 Å². The molecule has 0 atom stereocenters. The van der Waals surface area contributed by atoms with Crippen LogP contribution < -0.4 is 4.72 Å². The maximum absolute atomic E-state index is 13.0. The average Bonchev–Trinajstić information content (AvgIpc) is 2.44. The minimum atomic E-state index is -4.24. The maximum Gasteiger partial charge on any atom is 0.265 e. The summed E-state index contributed by atoms with van der Waals surface area (Å²) in [5.41, 5.74) is -0.668. The lowest BCUT2D eigenvalue weighted by Crippen LogP contribution is -2.30. The summed E-state index contributed by atoms with van der Waals surface area (Å²) in [5, 5.41) is 0. The van der Waals surface area contributed by atoms with Gasteiger partial charge in [0, 0.05) is 18.0 Å². The van der Waals surface area contributed by atoms with E-state index in [0.717, 1.165) is 6.20 Å². The van der Waals surface area contributed by atoms with Gasteiger partial charge in [0.05, 0.1) is 0 Å². The summed E-state index contributed by atoms with van der Waals surface area (Å²) >= 11 is 0. The molecule has 21 heavy (non-hydrogen) atoms. The van der Waals surface area contributed by atoms with Crippen LogP contribution in [0.1, 0.15) is 10.4 Å². The molecule has 0 fully saturated rings. The first-order valence-electron chi connectivity index (χ1n) is 5.43. The SMILES string of the molecule is O=C(NS(=O)(=O)c1cccnc1)c1cc(F)c(F)c(F)c1. The summed E-state index contributed by atoms with van der Waals surface area (Å²) in [6, 6.07) is 3.30. The van der Waals surface area contributed by atoms with Crippen LogP contribution in [0.4, 0.5) is 13.2 Å². The smallest absolute Gasteiger partial charge is 0.265 e. The van der Waals surface area contributed by atoms with Gasteiger partial charge in [-0.05, 0) is 24.3 Å². The second-order valence-electron chi connectivity index (χ2n) is 3.88. The van der Waals surface area contributed by atoms with Crippen LogP contribution in [0.3, 0.4) is 0 Å². The van der Waals surface area contributed by atoms with E-state index in [1.807, 2.05) is 0 Å². The first-order valence-corrected chi connectivity index (χ1v) is 6.91. The highest BCUT2D eigenvalue weighted by Crippen LogP contribution is 2.14. The molecule has 1 aromatic carbocycles. The Labute approximate surface area is 117 Å². The molecule has 1 amide bonds. The second-order valence-corrected chi connectivity index (χ2v) is 5.56. The number of carbonyl (C=O) groups excluding carboxylic acids is 1. The summed E-state index contributed by atoms with van der Waals surface area (Å²) in [4.78, 5) is 14.9. The van der Waals surface area contributed by atoms with Gasteiger partial charge >= 0.3 is 0 Å². The number of hydrogen-bond acceptors (Lipinski definition) is 4. The number of hydrogen-bond donors (Lipinski definition) is 1. The summed E-state index contributed by atoms with van der Waals surface area (Å²) < 4.78 is 64.0. The summed E-state index contributed by atoms with van der Waals surface area (Å²) in [5.74, 6) is -6.24. The van der Waals surface area contributed by atoms with E-state index in [4.69, 9.17) is 0 Å². The molecule has 110 valence electrons. The molecule has 2 aromatic rings. The van der Waals surface area contributed by atoms with Gasteiger partial charge in [0.1, 0.15) is 4.90 Å². The first-order chi connectivity index (χ1) is 9.81. The van der Waals surface area contributed by atoms with Crippen LogP contribution in [0, 0.1) is 17.5 Å². The van der Waals surface area contributed by atoms with Crippen molar-refractivity contribution >= 4 is 15.9 Å². The van der Waals surface area contributed by atoms with Crippen LogP contribution in [0.5, 0.6) is 0 Å². The molecule has 5 nitrogen and oxygen atoms in total. The number of pyridine rings is 1. The predicted molar refractivity (Wildman–Crippen MR) is 65.2 cm³/mol. The molecule has 0 unspecified atom stereocenters. The van der Waals surface area contributed by atoms with Gasteiger partial charge in [-0.1, -0.05) is 0 Å². The van der Waals surface area contributed by atoms with Gasteiger partial charge in [-0.3, -0.25) is 9.78 Å². The zero-order valence-electron chi connectivity index (χ0n) is 10.2. The van der Waals surface area contributed by atoms with Gasteiger partial charge in [0.2, 0.25) is 0 Å². The Morgan fingerprint density at radius 2 is 1.76 bits per heavy atom. The Balaban J connectivity index is 2.31. The van der Waals surface area contributed by atoms with Crippen molar-refractivity contribution in [1.29, 1.82) is 0 Å². The number of aromatic nitrogens is 1. The van der Waals surface area contributed by atoms with Gasteiger partial charge < -0.3 is 0 Å². The fraction of sp³-hybridized carbons (Fsp3) is 0. The number of benzene rings is 1. The topological polar surface area (TPSA) is 76.1 Å². The van der Waals surface area contributed by atoms with Crippen molar-refractivity contribution in [2.45, 2.75) is 4.90 Å². The molecular formula is C12H7F3N2O3S. The number of sulfonamides is 1. The van der Waals surface area contributed by atoms with Crippen LogP contribution >= 0.6 is 0 Å². The van der Waals surface area contributed by atoms with Crippen molar-refractivity contribution < 1.29 is 26.4 Å². The van der Waals surface area contributed by atoms with Crippen LogP contribution in [-0.2, 0) is 10.0 Å². The van der Waals surface area contributed by atoms with E-state index in [1.165, 1.54) is 18.3 Å². The van der Waals surface area contributed by atoms with Gasteiger partial charge in [0.15, 0.2) is 17.5 Å². The number of nitrogens with zero attached hydrogens (tertiary/aromatic N) is 1. The Morgan fingerprint density at radius 1 is 1.14 bits per heavy atom. The molecule has 0 spiro atoms. The highest BCUT2D eigenvalue weighted by atomic mass is 32.2. The lowest BCUT2D eigenvalue weighted by atomic mass is 10.2. The third kappa shape index (κ3) is 3.19. The third-order valence-corrected chi connectivity index (χ3v) is 3.73. The number of halogens is 3. The Kier molecular flexibility index (Phi) is 3.94. The van der Waals surface area contributed by atoms with Crippen LogP contribution in [0.15, 0.2) is 41.6 Å². The zero-order chi connectivity index (χ0) is 15.6. The first kappa shape index (κ1) is 15.0. The largest absolute Gasteiger partial charge is 0.268 e. The molecule has 0 aliphatic carbocycles.